The first-order valence-corrected chi connectivity index (χ1v) is 7.77. The van der Waals surface area contributed by atoms with Gasteiger partial charge < -0.3 is 15.2 Å². The van der Waals surface area contributed by atoms with Crippen LogP contribution in [0.5, 0.6) is 5.75 Å². The Bertz CT molecular complexity index is 662. The van der Waals surface area contributed by atoms with Crippen molar-refractivity contribution in [3.63, 3.8) is 0 Å². The second-order valence-electron chi connectivity index (χ2n) is 5.64. The molecular formula is C19H23NO3. The Kier molecular flexibility index (Phi) is 5.77. The second-order valence-corrected chi connectivity index (χ2v) is 5.64. The molecule has 4 heteroatoms. The molecule has 2 aromatic rings. The van der Waals surface area contributed by atoms with Gasteiger partial charge in [0.25, 0.3) is 5.91 Å². The van der Waals surface area contributed by atoms with E-state index in [0.717, 1.165) is 16.7 Å². The Morgan fingerprint density at radius 2 is 1.87 bits per heavy atom. The molecule has 0 aromatic heterocycles. The molecule has 2 N–H and O–H groups in total. The van der Waals surface area contributed by atoms with Crippen LogP contribution in [-0.2, 0) is 0 Å². The van der Waals surface area contributed by atoms with Crippen LogP contribution in [0.3, 0.4) is 0 Å². The number of carbonyl (C=O) groups excluding carboxylic acids is 1. The van der Waals surface area contributed by atoms with Crippen LogP contribution >= 0.6 is 0 Å². The van der Waals surface area contributed by atoms with Gasteiger partial charge in [-0.25, -0.2) is 0 Å². The van der Waals surface area contributed by atoms with Gasteiger partial charge in [0.05, 0.1) is 0 Å². The van der Waals surface area contributed by atoms with Crippen LogP contribution in [-0.4, -0.2) is 24.2 Å². The van der Waals surface area contributed by atoms with Gasteiger partial charge >= 0.3 is 0 Å². The molecule has 4 nitrogen and oxygen atoms in total. The molecule has 0 fully saturated rings. The van der Waals surface area contributed by atoms with Gasteiger partial charge in [0.1, 0.15) is 18.5 Å². The number of nitrogens with one attached hydrogen (secondary N) is 1. The number of carbonyl (C=O) groups is 1. The van der Waals surface area contributed by atoms with E-state index in [2.05, 4.69) is 11.4 Å². The predicted octanol–water partition coefficient (Wildman–Crippen LogP) is 3.17. The maximum absolute atomic E-state index is 11.8. The summed E-state index contributed by atoms with van der Waals surface area (Å²) in [5, 5.41) is 13.0. The molecule has 0 radical (unpaired) electrons. The van der Waals surface area contributed by atoms with Crippen molar-refractivity contribution in [1.82, 2.24) is 5.32 Å². The molecule has 0 saturated carbocycles. The van der Waals surface area contributed by atoms with E-state index in [1.807, 2.05) is 32.9 Å². The molecule has 0 bridgehead atoms. The molecule has 0 saturated heterocycles. The highest BCUT2D eigenvalue weighted by molar-refractivity contribution is 5.94. The molecule has 1 atom stereocenters. The normalized spacial score (nSPS) is 11.8. The minimum atomic E-state index is -0.707. The van der Waals surface area contributed by atoms with Gasteiger partial charge in [0.15, 0.2) is 0 Å². The van der Waals surface area contributed by atoms with E-state index in [-0.39, 0.29) is 12.5 Å². The highest BCUT2D eigenvalue weighted by Gasteiger charge is 2.11. The maximum atomic E-state index is 11.8. The summed E-state index contributed by atoms with van der Waals surface area (Å²) in [5.41, 5.74) is 3.60. The average molecular weight is 313 g/mol. The Hall–Kier alpha value is -2.33. The topological polar surface area (TPSA) is 58.6 Å². The number of rotatable bonds is 6. The van der Waals surface area contributed by atoms with E-state index in [1.165, 1.54) is 0 Å². The quantitative estimate of drug-likeness (QED) is 0.861. The Labute approximate surface area is 137 Å². The molecule has 2 aromatic carbocycles. The van der Waals surface area contributed by atoms with Crippen LogP contribution in [0.15, 0.2) is 42.5 Å². The van der Waals surface area contributed by atoms with Crippen molar-refractivity contribution in [2.24, 2.45) is 0 Å². The Balaban J connectivity index is 2.02. The van der Waals surface area contributed by atoms with Gasteiger partial charge in [-0.1, -0.05) is 35.4 Å². The number of aliphatic hydroxyl groups excluding tert-OH is 1. The zero-order valence-corrected chi connectivity index (χ0v) is 13.8. The van der Waals surface area contributed by atoms with E-state index in [0.29, 0.717) is 17.9 Å². The van der Waals surface area contributed by atoms with Crippen molar-refractivity contribution in [2.45, 2.75) is 26.9 Å². The molecule has 0 aliphatic carbocycles. The summed E-state index contributed by atoms with van der Waals surface area (Å²) in [6, 6.07) is 12.9. The van der Waals surface area contributed by atoms with Gasteiger partial charge in [-0.15, -0.1) is 0 Å². The predicted molar refractivity (Wildman–Crippen MR) is 90.8 cm³/mol. The molecule has 2 rings (SSSR count). The minimum absolute atomic E-state index is 0.132. The third-order valence-electron chi connectivity index (χ3n) is 3.47. The summed E-state index contributed by atoms with van der Waals surface area (Å²) in [7, 11) is 0. The van der Waals surface area contributed by atoms with E-state index in [4.69, 9.17) is 4.74 Å². The van der Waals surface area contributed by atoms with Gasteiger partial charge in [0.2, 0.25) is 0 Å². The van der Waals surface area contributed by atoms with Crippen LogP contribution in [0.1, 0.15) is 40.1 Å². The molecule has 1 unspecified atom stereocenters. The summed E-state index contributed by atoms with van der Waals surface area (Å²) in [6.45, 7) is 6.59. The van der Waals surface area contributed by atoms with Gasteiger partial charge in [-0.05, 0) is 44.5 Å². The van der Waals surface area contributed by atoms with Crippen molar-refractivity contribution in [3.05, 3.63) is 64.7 Å². The first-order chi connectivity index (χ1) is 11.0. The molecule has 122 valence electrons. The van der Waals surface area contributed by atoms with Crippen molar-refractivity contribution in [3.8, 4) is 5.75 Å². The number of aryl methyl sites for hydroxylation is 2. The highest BCUT2D eigenvalue weighted by Crippen LogP contribution is 2.20. The van der Waals surface area contributed by atoms with Crippen LogP contribution in [0.25, 0.3) is 0 Å². The fourth-order valence-electron chi connectivity index (χ4n) is 2.46. The van der Waals surface area contributed by atoms with Crippen LogP contribution < -0.4 is 10.1 Å². The third-order valence-corrected chi connectivity index (χ3v) is 3.47. The maximum Gasteiger partial charge on any atom is 0.251 e. The molecule has 0 heterocycles. The molecule has 1 amide bonds. The summed E-state index contributed by atoms with van der Waals surface area (Å²) in [4.78, 5) is 11.8. The summed E-state index contributed by atoms with van der Waals surface area (Å²) in [5.74, 6) is 0.435. The van der Waals surface area contributed by atoms with Gasteiger partial charge in [0, 0.05) is 12.1 Å². The van der Waals surface area contributed by atoms with Crippen molar-refractivity contribution < 1.29 is 14.6 Å². The van der Waals surface area contributed by atoms with Crippen LogP contribution in [0, 0.1) is 13.8 Å². The van der Waals surface area contributed by atoms with Gasteiger partial charge in [-0.2, -0.15) is 0 Å². The fraction of sp³-hybridized carbons (Fsp3) is 0.316. The lowest BCUT2D eigenvalue weighted by molar-refractivity contribution is 0.0954. The number of hydrogen-bond acceptors (Lipinski definition) is 3. The number of ether oxygens (including phenoxy) is 1. The summed E-state index contributed by atoms with van der Waals surface area (Å²) >= 11 is 0. The molecular weight excluding hydrogens is 290 g/mol. The molecule has 0 aliphatic rings. The lowest BCUT2D eigenvalue weighted by Gasteiger charge is -2.14. The van der Waals surface area contributed by atoms with Crippen molar-refractivity contribution >= 4 is 5.91 Å². The third kappa shape index (κ3) is 4.83. The molecule has 0 spiro atoms. The lowest BCUT2D eigenvalue weighted by Crippen LogP contribution is -2.22. The smallest absolute Gasteiger partial charge is 0.251 e. The second kappa shape index (κ2) is 7.79. The molecule has 23 heavy (non-hydrogen) atoms. The van der Waals surface area contributed by atoms with Crippen molar-refractivity contribution in [1.29, 1.82) is 0 Å². The van der Waals surface area contributed by atoms with Gasteiger partial charge in [-0.3, -0.25) is 4.79 Å². The minimum Gasteiger partial charge on any atom is -0.491 e. The number of benzene rings is 2. The Morgan fingerprint density at radius 1 is 1.17 bits per heavy atom. The standard InChI is InChI=1S/C19H23NO3/c1-4-20-19(22)15-6-5-7-17(11-15)23-12-18(21)16-9-13(2)8-14(3)10-16/h5-11,18,21H,4,12H2,1-3H3,(H,20,22). The summed E-state index contributed by atoms with van der Waals surface area (Å²) < 4.78 is 5.64. The summed E-state index contributed by atoms with van der Waals surface area (Å²) in [6.07, 6.45) is -0.707. The zero-order chi connectivity index (χ0) is 16.8. The number of aliphatic hydroxyl groups is 1. The fourth-order valence-corrected chi connectivity index (χ4v) is 2.46. The Morgan fingerprint density at radius 3 is 2.52 bits per heavy atom. The van der Waals surface area contributed by atoms with E-state index >= 15 is 0 Å². The van der Waals surface area contributed by atoms with Crippen molar-refractivity contribution in [2.75, 3.05) is 13.2 Å². The highest BCUT2D eigenvalue weighted by atomic mass is 16.5. The van der Waals surface area contributed by atoms with Crippen LogP contribution in [0.4, 0.5) is 0 Å². The molecule has 0 aliphatic heterocycles. The number of hydrogen-bond donors (Lipinski definition) is 2. The largest absolute Gasteiger partial charge is 0.491 e. The first-order valence-electron chi connectivity index (χ1n) is 7.77. The van der Waals surface area contributed by atoms with E-state index < -0.39 is 6.10 Å². The monoisotopic (exact) mass is 313 g/mol. The van der Waals surface area contributed by atoms with E-state index in [1.54, 1.807) is 24.3 Å². The zero-order valence-electron chi connectivity index (χ0n) is 13.8. The van der Waals surface area contributed by atoms with E-state index in [9.17, 15) is 9.90 Å². The first kappa shape index (κ1) is 17.0. The average Bonchev–Trinajstić information content (AvgIpc) is 2.52. The lowest BCUT2D eigenvalue weighted by atomic mass is 10.0. The van der Waals surface area contributed by atoms with Crippen LogP contribution in [0.2, 0.25) is 0 Å². The number of amides is 1. The SMILES string of the molecule is CCNC(=O)c1cccc(OCC(O)c2cc(C)cc(C)c2)c1.